The third-order valence-corrected chi connectivity index (χ3v) is 2.29. The second-order valence-electron chi connectivity index (χ2n) is 5.20. The number of ether oxygens (including phenoxy) is 3. The lowest BCUT2D eigenvalue weighted by Gasteiger charge is -2.19. The SMILES string of the molecule is COC(=O)c1ccccc1C(=O)OCC(=O)OC(C)(C)C. The Morgan fingerprint density at radius 3 is 2.00 bits per heavy atom. The minimum absolute atomic E-state index is 0.0351. The zero-order valence-corrected chi connectivity index (χ0v) is 12.5. The molecule has 1 aromatic rings. The zero-order valence-electron chi connectivity index (χ0n) is 12.5. The highest BCUT2D eigenvalue weighted by atomic mass is 16.6. The van der Waals surface area contributed by atoms with E-state index in [-0.39, 0.29) is 11.1 Å². The Hall–Kier alpha value is -2.37. The normalized spacial score (nSPS) is 10.7. The van der Waals surface area contributed by atoms with Gasteiger partial charge >= 0.3 is 17.9 Å². The maximum absolute atomic E-state index is 11.9. The molecule has 0 heterocycles. The van der Waals surface area contributed by atoms with Crippen molar-refractivity contribution in [3.63, 3.8) is 0 Å². The molecule has 114 valence electrons. The van der Waals surface area contributed by atoms with Gasteiger partial charge in [0.2, 0.25) is 0 Å². The molecule has 0 radical (unpaired) electrons. The molecular formula is C15H18O6. The lowest BCUT2D eigenvalue weighted by atomic mass is 10.1. The van der Waals surface area contributed by atoms with E-state index in [0.717, 1.165) is 0 Å². The van der Waals surface area contributed by atoms with Gasteiger partial charge in [0.1, 0.15) is 5.60 Å². The number of carbonyl (C=O) groups excluding carboxylic acids is 3. The summed E-state index contributed by atoms with van der Waals surface area (Å²) in [7, 11) is 1.21. The molecule has 0 atom stereocenters. The van der Waals surface area contributed by atoms with Crippen molar-refractivity contribution < 1.29 is 28.6 Å². The summed E-state index contributed by atoms with van der Waals surface area (Å²) in [4.78, 5) is 34.9. The molecule has 0 aromatic heterocycles. The summed E-state index contributed by atoms with van der Waals surface area (Å²) in [5.41, 5.74) is -0.546. The van der Waals surface area contributed by atoms with Gasteiger partial charge in [-0.1, -0.05) is 12.1 Å². The van der Waals surface area contributed by atoms with Crippen molar-refractivity contribution in [2.24, 2.45) is 0 Å². The molecule has 0 amide bonds. The molecule has 6 heteroatoms. The number of carbonyl (C=O) groups is 3. The Bertz CT molecular complexity index is 541. The van der Waals surface area contributed by atoms with E-state index in [9.17, 15) is 14.4 Å². The van der Waals surface area contributed by atoms with Gasteiger partial charge in [-0.3, -0.25) is 0 Å². The van der Waals surface area contributed by atoms with Crippen LogP contribution < -0.4 is 0 Å². The lowest BCUT2D eigenvalue weighted by Crippen LogP contribution is -2.27. The van der Waals surface area contributed by atoms with Gasteiger partial charge in [0.05, 0.1) is 18.2 Å². The second-order valence-corrected chi connectivity index (χ2v) is 5.20. The number of esters is 3. The zero-order chi connectivity index (χ0) is 16.0. The van der Waals surface area contributed by atoms with Crippen molar-refractivity contribution in [1.29, 1.82) is 0 Å². The van der Waals surface area contributed by atoms with Crippen molar-refractivity contribution in [2.75, 3.05) is 13.7 Å². The third kappa shape index (κ3) is 5.25. The van der Waals surface area contributed by atoms with Crippen molar-refractivity contribution >= 4 is 17.9 Å². The van der Waals surface area contributed by atoms with E-state index >= 15 is 0 Å². The van der Waals surface area contributed by atoms with Gasteiger partial charge in [-0.25, -0.2) is 14.4 Å². The number of rotatable bonds is 4. The molecular weight excluding hydrogens is 276 g/mol. The Morgan fingerprint density at radius 2 is 1.52 bits per heavy atom. The van der Waals surface area contributed by atoms with Gasteiger partial charge < -0.3 is 14.2 Å². The Kier molecular flexibility index (Phi) is 5.46. The minimum Gasteiger partial charge on any atom is -0.465 e. The summed E-state index contributed by atoms with van der Waals surface area (Å²) in [5, 5.41) is 0. The van der Waals surface area contributed by atoms with E-state index in [0.29, 0.717) is 0 Å². The van der Waals surface area contributed by atoms with E-state index in [1.165, 1.54) is 19.2 Å². The summed E-state index contributed by atoms with van der Waals surface area (Å²) >= 11 is 0. The summed E-state index contributed by atoms with van der Waals surface area (Å²) in [6, 6.07) is 6.03. The Morgan fingerprint density at radius 1 is 1.00 bits per heavy atom. The van der Waals surface area contributed by atoms with Crippen LogP contribution in [0.4, 0.5) is 0 Å². The molecule has 0 spiro atoms. The largest absolute Gasteiger partial charge is 0.465 e. The van der Waals surface area contributed by atoms with E-state index in [2.05, 4.69) is 4.74 Å². The summed E-state index contributed by atoms with van der Waals surface area (Å²) in [6.07, 6.45) is 0. The first-order valence-corrected chi connectivity index (χ1v) is 6.31. The molecule has 0 fully saturated rings. The number of hydrogen-bond acceptors (Lipinski definition) is 6. The first-order valence-electron chi connectivity index (χ1n) is 6.31. The average Bonchev–Trinajstić information content (AvgIpc) is 2.42. The second kappa shape index (κ2) is 6.88. The third-order valence-electron chi connectivity index (χ3n) is 2.29. The van der Waals surface area contributed by atoms with Crippen LogP contribution in [-0.4, -0.2) is 37.2 Å². The molecule has 1 aromatic carbocycles. The number of hydrogen-bond donors (Lipinski definition) is 0. The molecule has 1 rings (SSSR count). The van der Waals surface area contributed by atoms with Crippen molar-refractivity contribution in [3.8, 4) is 0 Å². The molecule has 0 N–H and O–H groups in total. The quantitative estimate of drug-likeness (QED) is 0.624. The molecule has 0 unspecified atom stereocenters. The monoisotopic (exact) mass is 294 g/mol. The van der Waals surface area contributed by atoms with Gasteiger partial charge in [0, 0.05) is 0 Å². The molecule has 0 aliphatic heterocycles. The fraction of sp³-hybridized carbons (Fsp3) is 0.400. The smallest absolute Gasteiger partial charge is 0.344 e. The molecule has 0 aliphatic rings. The first-order chi connectivity index (χ1) is 9.74. The predicted octanol–water partition coefficient (Wildman–Crippen LogP) is 1.97. The Balaban J connectivity index is 2.73. The number of methoxy groups -OCH3 is 1. The molecule has 0 saturated heterocycles. The standard InChI is InChI=1S/C15H18O6/c1-15(2,3)21-12(16)9-20-14(18)11-8-6-5-7-10(11)13(17)19-4/h5-8H,9H2,1-4H3. The van der Waals surface area contributed by atoms with Crippen LogP contribution in [0.2, 0.25) is 0 Å². The van der Waals surface area contributed by atoms with Crippen LogP contribution in [0.15, 0.2) is 24.3 Å². The summed E-state index contributed by atoms with van der Waals surface area (Å²) in [5.74, 6) is -2.10. The van der Waals surface area contributed by atoms with Crippen LogP contribution in [0.3, 0.4) is 0 Å². The van der Waals surface area contributed by atoms with Crippen molar-refractivity contribution in [2.45, 2.75) is 26.4 Å². The van der Waals surface area contributed by atoms with Crippen molar-refractivity contribution in [3.05, 3.63) is 35.4 Å². The highest BCUT2D eigenvalue weighted by molar-refractivity contribution is 6.03. The van der Waals surface area contributed by atoms with Crippen LogP contribution in [0.1, 0.15) is 41.5 Å². The topological polar surface area (TPSA) is 78.9 Å². The molecule has 6 nitrogen and oxygen atoms in total. The van der Waals surface area contributed by atoms with Gasteiger partial charge in [-0.05, 0) is 32.9 Å². The molecule has 21 heavy (non-hydrogen) atoms. The van der Waals surface area contributed by atoms with E-state index < -0.39 is 30.1 Å². The van der Waals surface area contributed by atoms with Crippen LogP contribution in [-0.2, 0) is 19.0 Å². The summed E-state index contributed by atoms with van der Waals surface area (Å²) in [6.45, 7) is 4.60. The molecule has 0 saturated carbocycles. The fourth-order valence-corrected chi connectivity index (χ4v) is 1.52. The van der Waals surface area contributed by atoms with E-state index in [1.54, 1.807) is 32.9 Å². The van der Waals surface area contributed by atoms with Gasteiger partial charge in [-0.2, -0.15) is 0 Å². The van der Waals surface area contributed by atoms with E-state index in [1.807, 2.05) is 0 Å². The summed E-state index contributed by atoms with van der Waals surface area (Å²) < 4.78 is 14.4. The Labute approximate surface area is 123 Å². The molecule has 0 aliphatic carbocycles. The van der Waals surface area contributed by atoms with Crippen LogP contribution >= 0.6 is 0 Å². The van der Waals surface area contributed by atoms with Crippen molar-refractivity contribution in [1.82, 2.24) is 0 Å². The molecule has 0 bridgehead atoms. The van der Waals surface area contributed by atoms with E-state index in [4.69, 9.17) is 9.47 Å². The minimum atomic E-state index is -0.790. The van der Waals surface area contributed by atoms with Crippen LogP contribution in [0, 0.1) is 0 Å². The highest BCUT2D eigenvalue weighted by Gasteiger charge is 2.21. The predicted molar refractivity (Wildman–Crippen MR) is 73.9 cm³/mol. The van der Waals surface area contributed by atoms with Gasteiger partial charge in [-0.15, -0.1) is 0 Å². The first kappa shape index (κ1) is 16.7. The number of benzene rings is 1. The van der Waals surface area contributed by atoms with Gasteiger partial charge in [0.15, 0.2) is 6.61 Å². The maximum Gasteiger partial charge on any atom is 0.344 e. The lowest BCUT2D eigenvalue weighted by molar-refractivity contribution is -0.158. The maximum atomic E-state index is 11.9. The highest BCUT2D eigenvalue weighted by Crippen LogP contribution is 2.12. The van der Waals surface area contributed by atoms with Crippen LogP contribution in [0.5, 0.6) is 0 Å². The average molecular weight is 294 g/mol. The fourth-order valence-electron chi connectivity index (χ4n) is 1.52. The van der Waals surface area contributed by atoms with Crippen LogP contribution in [0.25, 0.3) is 0 Å². The van der Waals surface area contributed by atoms with Gasteiger partial charge in [0.25, 0.3) is 0 Å².